The van der Waals surface area contributed by atoms with E-state index in [0.29, 0.717) is 17.8 Å². The highest BCUT2D eigenvalue weighted by Gasteiger charge is 2.56. The lowest BCUT2D eigenvalue weighted by Gasteiger charge is -2.58. The van der Waals surface area contributed by atoms with Crippen LogP contribution in [0.2, 0.25) is 0 Å². The fourth-order valence-corrected chi connectivity index (χ4v) is 6.16. The summed E-state index contributed by atoms with van der Waals surface area (Å²) < 4.78 is 0. The second kappa shape index (κ2) is 6.78. The minimum Gasteiger partial charge on any atom is -0.480 e. The predicted molar refractivity (Wildman–Crippen MR) is 99.2 cm³/mol. The van der Waals surface area contributed by atoms with Crippen LogP contribution in [-0.4, -0.2) is 32.9 Å². The Morgan fingerprint density at radius 2 is 1.41 bits per heavy atom. The zero-order valence-electron chi connectivity index (χ0n) is 15.6. The molecule has 10 nitrogen and oxygen atoms in total. The van der Waals surface area contributed by atoms with Gasteiger partial charge in [0.25, 0.3) is 17.3 Å². The molecular weight excluding hydrogens is 382 g/mol. The van der Waals surface area contributed by atoms with E-state index in [9.17, 15) is 34.9 Å². The summed E-state index contributed by atoms with van der Waals surface area (Å²) in [7, 11) is 0. The average molecular weight is 403 g/mol. The maximum atomic E-state index is 12.8. The van der Waals surface area contributed by atoms with Gasteiger partial charge in [0.1, 0.15) is 6.04 Å². The van der Waals surface area contributed by atoms with Gasteiger partial charge in [-0.15, -0.1) is 0 Å². The van der Waals surface area contributed by atoms with E-state index in [-0.39, 0.29) is 5.56 Å². The number of hydrogen-bond donors (Lipinski definition) is 2. The lowest BCUT2D eigenvalue weighted by Crippen LogP contribution is -2.59. The summed E-state index contributed by atoms with van der Waals surface area (Å²) in [6.07, 6.45) is 5.55. The SMILES string of the molecule is O=C(NC(C(=O)O)C12CC3CC(CC(C3)C1)C2)c1cc([N+](=O)[O-])cc([N+](=O)[O-])c1. The Kier molecular flexibility index (Phi) is 4.51. The van der Waals surface area contributed by atoms with Crippen molar-refractivity contribution in [3.05, 3.63) is 44.0 Å². The van der Waals surface area contributed by atoms with Crippen molar-refractivity contribution in [2.24, 2.45) is 23.2 Å². The maximum absolute atomic E-state index is 12.8. The van der Waals surface area contributed by atoms with Crippen LogP contribution in [0, 0.1) is 43.4 Å². The predicted octanol–water partition coefficient (Wildman–Crippen LogP) is 2.90. The fraction of sp³-hybridized carbons (Fsp3) is 0.579. The number of nitrogens with one attached hydrogen (secondary N) is 1. The maximum Gasteiger partial charge on any atom is 0.326 e. The first-order chi connectivity index (χ1) is 13.7. The second-order valence-corrected chi connectivity index (χ2v) is 8.78. The average Bonchev–Trinajstić information content (AvgIpc) is 2.63. The van der Waals surface area contributed by atoms with Crippen molar-refractivity contribution in [3.8, 4) is 0 Å². The first-order valence-corrected chi connectivity index (χ1v) is 9.64. The Bertz CT molecular complexity index is 846. The summed E-state index contributed by atoms with van der Waals surface area (Å²) in [5.41, 5.74) is -2.00. The second-order valence-electron chi connectivity index (χ2n) is 8.78. The van der Waals surface area contributed by atoms with E-state index < -0.39 is 44.6 Å². The molecule has 154 valence electrons. The van der Waals surface area contributed by atoms with Crippen LogP contribution in [0.4, 0.5) is 11.4 Å². The third-order valence-electron chi connectivity index (χ3n) is 6.81. The number of benzene rings is 1. The first-order valence-electron chi connectivity index (χ1n) is 9.64. The van der Waals surface area contributed by atoms with Crippen molar-refractivity contribution < 1.29 is 24.5 Å². The molecule has 1 aromatic rings. The zero-order chi connectivity index (χ0) is 20.9. The van der Waals surface area contributed by atoms with Gasteiger partial charge < -0.3 is 10.4 Å². The number of carbonyl (C=O) groups excluding carboxylic acids is 1. The van der Waals surface area contributed by atoms with Gasteiger partial charge in [-0.05, 0) is 56.3 Å². The van der Waals surface area contributed by atoms with E-state index in [1.54, 1.807) is 0 Å². The highest BCUT2D eigenvalue weighted by Crippen LogP contribution is 2.61. The molecule has 4 fully saturated rings. The molecule has 0 aliphatic heterocycles. The molecule has 10 heteroatoms. The number of carboxylic acids is 1. The molecular formula is C19H21N3O7. The Labute approximate surface area is 165 Å². The van der Waals surface area contributed by atoms with Gasteiger partial charge in [0.2, 0.25) is 0 Å². The number of aliphatic carboxylic acids is 1. The van der Waals surface area contributed by atoms with E-state index in [2.05, 4.69) is 5.32 Å². The van der Waals surface area contributed by atoms with Gasteiger partial charge in [-0.1, -0.05) is 0 Å². The van der Waals surface area contributed by atoms with Crippen LogP contribution >= 0.6 is 0 Å². The molecule has 1 atom stereocenters. The van der Waals surface area contributed by atoms with Crippen molar-refractivity contribution in [3.63, 3.8) is 0 Å². The summed E-state index contributed by atoms with van der Waals surface area (Å²) >= 11 is 0. The Morgan fingerprint density at radius 3 is 1.79 bits per heavy atom. The number of nitro groups is 2. The highest BCUT2D eigenvalue weighted by atomic mass is 16.6. The van der Waals surface area contributed by atoms with Crippen LogP contribution in [0.5, 0.6) is 0 Å². The normalized spacial score (nSPS) is 30.6. The number of carboxylic acid groups (broad SMARTS) is 1. The summed E-state index contributed by atoms with van der Waals surface area (Å²) in [6.45, 7) is 0. The van der Waals surface area contributed by atoms with Crippen LogP contribution in [0.1, 0.15) is 48.9 Å². The molecule has 4 aliphatic carbocycles. The van der Waals surface area contributed by atoms with Gasteiger partial charge in [0.15, 0.2) is 0 Å². The largest absolute Gasteiger partial charge is 0.480 e. The molecule has 4 saturated carbocycles. The van der Waals surface area contributed by atoms with Crippen LogP contribution in [0.25, 0.3) is 0 Å². The number of rotatable bonds is 6. The van der Waals surface area contributed by atoms with Crippen LogP contribution in [-0.2, 0) is 4.79 Å². The molecule has 0 radical (unpaired) electrons. The highest BCUT2D eigenvalue weighted by molar-refractivity contribution is 5.98. The van der Waals surface area contributed by atoms with Crippen molar-refractivity contribution in [1.82, 2.24) is 5.32 Å². The number of amides is 1. The van der Waals surface area contributed by atoms with E-state index >= 15 is 0 Å². The summed E-state index contributed by atoms with van der Waals surface area (Å²) in [5.74, 6) is -0.572. The van der Waals surface area contributed by atoms with Gasteiger partial charge in [0, 0.05) is 17.5 Å². The Morgan fingerprint density at radius 1 is 0.966 bits per heavy atom. The minimum absolute atomic E-state index is 0.290. The fourth-order valence-electron chi connectivity index (χ4n) is 6.16. The molecule has 4 aliphatic rings. The molecule has 5 rings (SSSR count). The van der Waals surface area contributed by atoms with Crippen molar-refractivity contribution >= 4 is 23.3 Å². The molecule has 4 bridgehead atoms. The van der Waals surface area contributed by atoms with E-state index in [0.717, 1.165) is 56.7 Å². The zero-order valence-corrected chi connectivity index (χ0v) is 15.6. The Balaban J connectivity index is 1.63. The topological polar surface area (TPSA) is 153 Å². The van der Waals surface area contributed by atoms with Crippen molar-refractivity contribution in [2.45, 2.75) is 44.6 Å². The van der Waals surface area contributed by atoms with Crippen LogP contribution in [0.3, 0.4) is 0 Å². The molecule has 2 N–H and O–H groups in total. The molecule has 0 spiro atoms. The smallest absolute Gasteiger partial charge is 0.326 e. The Hall–Kier alpha value is -3.04. The molecule has 29 heavy (non-hydrogen) atoms. The van der Waals surface area contributed by atoms with Crippen LogP contribution in [0.15, 0.2) is 18.2 Å². The third-order valence-corrected chi connectivity index (χ3v) is 6.81. The van der Waals surface area contributed by atoms with Crippen molar-refractivity contribution in [1.29, 1.82) is 0 Å². The van der Waals surface area contributed by atoms with Gasteiger partial charge in [0.05, 0.1) is 21.5 Å². The number of nitrogens with zero attached hydrogens (tertiary/aromatic N) is 2. The number of hydrogen-bond acceptors (Lipinski definition) is 6. The van der Waals surface area contributed by atoms with Gasteiger partial charge in [-0.25, -0.2) is 4.79 Å². The summed E-state index contributed by atoms with van der Waals surface area (Å²) in [6, 6.07) is 1.51. The molecule has 0 saturated heterocycles. The summed E-state index contributed by atoms with van der Waals surface area (Å²) in [5, 5.41) is 34.6. The third kappa shape index (κ3) is 3.43. The number of carbonyl (C=O) groups is 2. The molecule has 1 unspecified atom stereocenters. The van der Waals surface area contributed by atoms with Crippen LogP contribution < -0.4 is 5.32 Å². The standard InChI is InChI=1S/C19H21N3O7/c23-17(13-4-14(21(26)27)6-15(5-13)22(28)29)20-16(18(24)25)19-7-10-1-11(8-19)3-12(2-10)9-19/h4-6,10-12,16H,1-3,7-9H2,(H,20,23)(H,24,25). The molecule has 1 aromatic carbocycles. The van der Waals surface area contributed by atoms with Gasteiger partial charge in [-0.3, -0.25) is 25.0 Å². The van der Waals surface area contributed by atoms with E-state index in [1.165, 1.54) is 0 Å². The molecule has 1 amide bonds. The lowest BCUT2D eigenvalue weighted by atomic mass is 9.47. The van der Waals surface area contributed by atoms with Gasteiger partial charge in [-0.2, -0.15) is 0 Å². The summed E-state index contributed by atoms with van der Waals surface area (Å²) in [4.78, 5) is 45.4. The quantitative estimate of drug-likeness (QED) is 0.547. The first kappa shape index (κ1) is 19.3. The van der Waals surface area contributed by atoms with Crippen molar-refractivity contribution in [2.75, 3.05) is 0 Å². The number of nitro benzene ring substituents is 2. The van der Waals surface area contributed by atoms with E-state index in [1.807, 2.05) is 0 Å². The van der Waals surface area contributed by atoms with E-state index in [4.69, 9.17) is 0 Å². The molecule has 0 aromatic heterocycles. The minimum atomic E-state index is -1.14. The molecule has 0 heterocycles. The monoisotopic (exact) mass is 403 g/mol. The number of non-ortho nitro benzene ring substituents is 2. The van der Waals surface area contributed by atoms with Gasteiger partial charge >= 0.3 is 5.97 Å². The lowest BCUT2D eigenvalue weighted by molar-refractivity contribution is -0.394.